The van der Waals surface area contributed by atoms with E-state index in [-0.39, 0.29) is 11.7 Å². The van der Waals surface area contributed by atoms with Gasteiger partial charge in [-0.2, -0.15) is 0 Å². The Kier molecular flexibility index (Phi) is 6.32. The first-order chi connectivity index (χ1) is 17.5. The quantitative estimate of drug-likeness (QED) is 0.492. The number of aliphatic carboxylic acids is 1. The standard InChI is InChI=1S/C28H36N4O4/c1-36-30-26(28(34)35)25-27(33)32(24-11-3-2-10-23(24)29-25)22-15-19-8-5-9-20(16-22)31(19)21-13-17-6-4-7-18(12-17)14-21/h2-3,10-11,17-22H,4-9,12-16H2,1H3,(H,34,35)/b30-26-/t17?,18?,19-,20+,21?,22?. The van der Waals surface area contributed by atoms with Crippen LogP contribution in [-0.2, 0) is 9.63 Å². The Labute approximate surface area is 211 Å². The number of carboxylic acid groups (broad SMARTS) is 1. The molecule has 1 aromatic carbocycles. The van der Waals surface area contributed by atoms with Crippen LogP contribution in [0.2, 0.25) is 0 Å². The zero-order valence-corrected chi connectivity index (χ0v) is 21.0. The van der Waals surface area contributed by atoms with Crippen LogP contribution in [0.1, 0.15) is 82.4 Å². The third-order valence-corrected chi connectivity index (χ3v) is 9.30. The minimum atomic E-state index is -1.32. The lowest BCUT2D eigenvalue weighted by Gasteiger charge is -2.55. The summed E-state index contributed by atoms with van der Waals surface area (Å²) in [6, 6.07) is 9.16. The molecule has 192 valence electrons. The summed E-state index contributed by atoms with van der Waals surface area (Å²) >= 11 is 0. The Balaban J connectivity index is 1.37. The molecule has 0 spiro atoms. The summed E-state index contributed by atoms with van der Waals surface area (Å²) in [6.45, 7) is 0. The van der Waals surface area contributed by atoms with Crippen molar-refractivity contribution < 1.29 is 14.7 Å². The van der Waals surface area contributed by atoms with Gasteiger partial charge in [0.15, 0.2) is 5.69 Å². The zero-order valence-electron chi connectivity index (χ0n) is 21.0. The maximum absolute atomic E-state index is 13.8. The number of aromatic nitrogens is 2. The highest BCUT2D eigenvalue weighted by atomic mass is 16.6. The van der Waals surface area contributed by atoms with Crippen LogP contribution < -0.4 is 5.56 Å². The van der Waals surface area contributed by atoms with Crippen LogP contribution in [0.5, 0.6) is 0 Å². The van der Waals surface area contributed by atoms with E-state index in [1.165, 1.54) is 64.9 Å². The van der Waals surface area contributed by atoms with E-state index < -0.39 is 17.2 Å². The number of carboxylic acids is 1. The smallest absolute Gasteiger partial charge is 0.360 e. The number of benzene rings is 1. The van der Waals surface area contributed by atoms with Gasteiger partial charge in [0, 0.05) is 24.2 Å². The second kappa shape index (κ2) is 9.61. The Hall–Kier alpha value is -2.74. The van der Waals surface area contributed by atoms with E-state index in [1.54, 1.807) is 0 Å². The molecule has 2 aromatic rings. The fraction of sp³-hybridized carbons (Fsp3) is 0.643. The number of hydrogen-bond acceptors (Lipinski definition) is 6. The van der Waals surface area contributed by atoms with E-state index in [9.17, 15) is 14.7 Å². The Bertz CT molecular complexity index is 1210. The molecule has 3 unspecified atom stereocenters. The van der Waals surface area contributed by atoms with Crippen LogP contribution >= 0.6 is 0 Å². The van der Waals surface area contributed by atoms with Crippen molar-refractivity contribution >= 4 is 22.7 Å². The number of fused-ring (bicyclic) bond motifs is 5. The SMILES string of the molecule is CO/N=C(\C(=O)O)c1nc2ccccc2n(C2C[C@H]3CCC[C@@H](C2)N3C2CC3CCCC(C3)C2)c1=O. The number of para-hydroxylation sites is 2. The maximum atomic E-state index is 13.8. The number of oxime groups is 1. The molecule has 4 fully saturated rings. The molecule has 0 radical (unpaired) electrons. The second-order valence-electron chi connectivity index (χ2n) is 11.4. The van der Waals surface area contributed by atoms with Gasteiger partial charge < -0.3 is 14.5 Å². The van der Waals surface area contributed by atoms with E-state index in [0.29, 0.717) is 23.6 Å². The lowest BCUT2D eigenvalue weighted by molar-refractivity contribution is -0.129. The summed E-state index contributed by atoms with van der Waals surface area (Å²) in [4.78, 5) is 37.8. The van der Waals surface area contributed by atoms with Crippen molar-refractivity contribution in [3.8, 4) is 0 Å². The molecule has 0 amide bonds. The zero-order chi connectivity index (χ0) is 24.8. The van der Waals surface area contributed by atoms with Crippen molar-refractivity contribution in [3.63, 3.8) is 0 Å². The highest BCUT2D eigenvalue weighted by Gasteiger charge is 2.45. The first-order valence-electron chi connectivity index (χ1n) is 13.7. The predicted molar refractivity (Wildman–Crippen MR) is 137 cm³/mol. The van der Waals surface area contributed by atoms with Crippen LogP contribution in [0, 0.1) is 11.8 Å². The maximum Gasteiger partial charge on any atom is 0.360 e. The molecule has 3 heterocycles. The summed E-state index contributed by atoms with van der Waals surface area (Å²) < 4.78 is 1.82. The Morgan fingerprint density at radius 3 is 2.28 bits per heavy atom. The van der Waals surface area contributed by atoms with Gasteiger partial charge in [-0.1, -0.05) is 43.0 Å². The van der Waals surface area contributed by atoms with Gasteiger partial charge in [0.2, 0.25) is 5.71 Å². The van der Waals surface area contributed by atoms with Gasteiger partial charge in [-0.3, -0.25) is 9.69 Å². The van der Waals surface area contributed by atoms with E-state index in [2.05, 4.69) is 15.0 Å². The van der Waals surface area contributed by atoms with E-state index in [4.69, 9.17) is 4.84 Å². The van der Waals surface area contributed by atoms with Crippen molar-refractivity contribution in [2.24, 2.45) is 17.0 Å². The normalized spacial score (nSPS) is 32.9. The largest absolute Gasteiger partial charge is 0.476 e. The molecule has 1 aromatic heterocycles. The third kappa shape index (κ3) is 4.13. The van der Waals surface area contributed by atoms with Crippen LogP contribution in [0.15, 0.2) is 34.2 Å². The highest BCUT2D eigenvalue weighted by Crippen LogP contribution is 2.47. The van der Waals surface area contributed by atoms with Crippen molar-refractivity contribution in [2.75, 3.05) is 7.11 Å². The lowest BCUT2D eigenvalue weighted by atomic mass is 9.68. The number of piperidine rings is 2. The monoisotopic (exact) mass is 492 g/mol. The lowest BCUT2D eigenvalue weighted by Crippen LogP contribution is -2.58. The van der Waals surface area contributed by atoms with E-state index in [0.717, 1.165) is 30.2 Å². The van der Waals surface area contributed by atoms with Crippen LogP contribution in [0.25, 0.3) is 11.0 Å². The summed E-state index contributed by atoms with van der Waals surface area (Å²) in [5, 5.41) is 13.4. The van der Waals surface area contributed by atoms with Gasteiger partial charge >= 0.3 is 5.97 Å². The molecule has 2 aliphatic heterocycles. The van der Waals surface area contributed by atoms with Gasteiger partial charge in [0.25, 0.3) is 5.56 Å². The minimum Gasteiger partial charge on any atom is -0.476 e. The second-order valence-corrected chi connectivity index (χ2v) is 11.4. The van der Waals surface area contributed by atoms with Crippen LogP contribution in [0.4, 0.5) is 0 Å². The molecule has 1 N–H and O–H groups in total. The molecule has 2 saturated carbocycles. The van der Waals surface area contributed by atoms with Gasteiger partial charge in [0.05, 0.1) is 11.0 Å². The summed E-state index contributed by atoms with van der Waals surface area (Å²) in [5.41, 5.74) is 0.363. The van der Waals surface area contributed by atoms with Crippen molar-refractivity contribution in [3.05, 3.63) is 40.3 Å². The first kappa shape index (κ1) is 23.6. The van der Waals surface area contributed by atoms with E-state index in [1.807, 2.05) is 28.8 Å². The van der Waals surface area contributed by atoms with Crippen molar-refractivity contribution in [1.82, 2.24) is 14.5 Å². The molecule has 4 bridgehead atoms. The highest BCUT2D eigenvalue weighted by molar-refractivity contribution is 6.41. The number of rotatable bonds is 5. The number of hydrogen-bond donors (Lipinski definition) is 1. The molecule has 6 rings (SSSR count). The van der Waals surface area contributed by atoms with Gasteiger partial charge in [-0.05, 0) is 68.9 Å². The Morgan fingerprint density at radius 2 is 1.61 bits per heavy atom. The molecular weight excluding hydrogens is 456 g/mol. The number of carbonyl (C=O) groups is 1. The first-order valence-corrected chi connectivity index (χ1v) is 13.7. The Morgan fingerprint density at radius 1 is 0.944 bits per heavy atom. The van der Waals surface area contributed by atoms with Gasteiger partial charge in [-0.25, -0.2) is 9.78 Å². The van der Waals surface area contributed by atoms with Gasteiger partial charge in [0.1, 0.15) is 7.11 Å². The van der Waals surface area contributed by atoms with Crippen molar-refractivity contribution in [2.45, 2.75) is 94.8 Å². The average molecular weight is 493 g/mol. The average Bonchev–Trinajstić information content (AvgIpc) is 2.86. The van der Waals surface area contributed by atoms with Crippen LogP contribution in [-0.4, -0.2) is 56.5 Å². The topological polar surface area (TPSA) is 97.0 Å². The molecule has 8 nitrogen and oxygen atoms in total. The molecule has 4 aliphatic rings. The minimum absolute atomic E-state index is 0.0105. The predicted octanol–water partition coefficient (Wildman–Crippen LogP) is 4.36. The molecule has 36 heavy (non-hydrogen) atoms. The molecule has 5 atom stereocenters. The van der Waals surface area contributed by atoms with E-state index >= 15 is 0 Å². The molecule has 2 saturated heterocycles. The molecular formula is C28H36N4O4. The fourth-order valence-electron chi connectivity index (χ4n) is 8.08. The molecule has 2 aliphatic carbocycles. The summed E-state index contributed by atoms with van der Waals surface area (Å²) in [5.74, 6) is 0.465. The fourth-order valence-corrected chi connectivity index (χ4v) is 8.08. The molecule has 8 heteroatoms. The van der Waals surface area contributed by atoms with Crippen molar-refractivity contribution in [1.29, 1.82) is 0 Å². The third-order valence-electron chi connectivity index (χ3n) is 9.30. The van der Waals surface area contributed by atoms with Gasteiger partial charge in [-0.15, -0.1) is 0 Å². The number of nitrogens with zero attached hydrogens (tertiary/aromatic N) is 4. The van der Waals surface area contributed by atoms with Crippen LogP contribution in [0.3, 0.4) is 0 Å². The summed E-state index contributed by atoms with van der Waals surface area (Å²) in [6.07, 6.45) is 13.7. The summed E-state index contributed by atoms with van der Waals surface area (Å²) in [7, 11) is 1.28.